The van der Waals surface area contributed by atoms with Crippen molar-refractivity contribution in [2.75, 3.05) is 7.05 Å². The number of halogens is 1. The van der Waals surface area contributed by atoms with E-state index in [1.807, 2.05) is 12.1 Å². The van der Waals surface area contributed by atoms with Crippen molar-refractivity contribution in [3.05, 3.63) is 20.8 Å². The molecule has 1 heterocycles. The van der Waals surface area contributed by atoms with Crippen LogP contribution in [0.1, 0.15) is 4.88 Å². The predicted molar refractivity (Wildman–Crippen MR) is 57.8 cm³/mol. The lowest BCUT2D eigenvalue weighted by atomic mass is 10.2. The zero-order chi connectivity index (χ0) is 9.84. The monoisotopic (exact) mass is 262 g/mol. The third kappa shape index (κ3) is 3.10. The van der Waals surface area contributed by atoms with Crippen molar-refractivity contribution in [2.24, 2.45) is 5.73 Å². The van der Waals surface area contributed by atoms with E-state index >= 15 is 0 Å². The molecule has 1 aromatic heterocycles. The van der Waals surface area contributed by atoms with Crippen LogP contribution in [0.5, 0.6) is 0 Å². The summed E-state index contributed by atoms with van der Waals surface area (Å²) < 4.78 is 1.06. The Bertz CT molecular complexity index is 300. The van der Waals surface area contributed by atoms with E-state index in [-0.39, 0.29) is 5.91 Å². The highest BCUT2D eigenvalue weighted by Gasteiger charge is 2.12. The highest BCUT2D eigenvalue weighted by atomic mass is 79.9. The fourth-order valence-corrected chi connectivity index (χ4v) is 2.50. The minimum Gasteiger partial charge on any atom is -0.358 e. The average Bonchev–Trinajstić information content (AvgIpc) is 2.49. The van der Waals surface area contributed by atoms with Crippen LogP contribution in [0.3, 0.4) is 0 Å². The molecule has 1 atom stereocenters. The van der Waals surface area contributed by atoms with Gasteiger partial charge in [0.15, 0.2) is 0 Å². The zero-order valence-electron chi connectivity index (χ0n) is 7.21. The molecule has 3 N–H and O–H groups in total. The molecule has 0 saturated carbocycles. The van der Waals surface area contributed by atoms with E-state index in [1.54, 1.807) is 18.4 Å². The molecular weight excluding hydrogens is 252 g/mol. The number of nitrogens with two attached hydrogens (primary N) is 1. The van der Waals surface area contributed by atoms with Gasteiger partial charge in [-0.1, -0.05) is 0 Å². The summed E-state index contributed by atoms with van der Waals surface area (Å²) in [6, 6.07) is 3.48. The highest BCUT2D eigenvalue weighted by molar-refractivity contribution is 9.11. The molecule has 72 valence electrons. The number of amides is 1. The quantitative estimate of drug-likeness (QED) is 0.858. The summed E-state index contributed by atoms with van der Waals surface area (Å²) in [6.07, 6.45) is 0.593. The molecule has 0 radical (unpaired) electrons. The fourth-order valence-electron chi connectivity index (χ4n) is 0.956. The van der Waals surface area contributed by atoms with Gasteiger partial charge in [-0.25, -0.2) is 0 Å². The van der Waals surface area contributed by atoms with Gasteiger partial charge in [0.25, 0.3) is 0 Å². The Morgan fingerprint density at radius 2 is 2.46 bits per heavy atom. The van der Waals surface area contributed by atoms with Gasteiger partial charge in [-0.3, -0.25) is 4.79 Å². The first kappa shape index (κ1) is 10.7. The summed E-state index contributed by atoms with van der Waals surface area (Å²) in [6.45, 7) is 0. The highest BCUT2D eigenvalue weighted by Crippen LogP contribution is 2.22. The molecule has 0 aliphatic carbocycles. The molecular formula is C8H11BrN2OS. The number of rotatable bonds is 3. The Morgan fingerprint density at radius 1 is 1.77 bits per heavy atom. The molecule has 0 unspecified atom stereocenters. The number of likely N-dealkylation sites (N-methyl/N-ethyl adjacent to an activating group) is 1. The van der Waals surface area contributed by atoms with E-state index in [1.165, 1.54) is 0 Å². The maximum absolute atomic E-state index is 11.1. The van der Waals surface area contributed by atoms with Gasteiger partial charge in [0.1, 0.15) is 0 Å². The molecule has 1 amide bonds. The maximum Gasteiger partial charge on any atom is 0.237 e. The van der Waals surface area contributed by atoms with Gasteiger partial charge in [0, 0.05) is 18.3 Å². The fraction of sp³-hybridized carbons (Fsp3) is 0.375. The summed E-state index contributed by atoms with van der Waals surface area (Å²) in [7, 11) is 1.59. The van der Waals surface area contributed by atoms with Crippen LogP contribution in [0, 0.1) is 0 Å². The number of nitrogens with one attached hydrogen (secondary N) is 1. The second-order valence-electron chi connectivity index (χ2n) is 2.63. The molecule has 1 aromatic rings. The van der Waals surface area contributed by atoms with Gasteiger partial charge in [-0.2, -0.15) is 0 Å². The van der Waals surface area contributed by atoms with E-state index in [4.69, 9.17) is 5.73 Å². The van der Waals surface area contributed by atoms with Crippen molar-refractivity contribution in [1.29, 1.82) is 0 Å². The zero-order valence-corrected chi connectivity index (χ0v) is 9.61. The van der Waals surface area contributed by atoms with Gasteiger partial charge < -0.3 is 11.1 Å². The first-order chi connectivity index (χ1) is 6.13. The predicted octanol–water partition coefficient (Wildman–Crippen LogP) is 1.13. The first-order valence-electron chi connectivity index (χ1n) is 3.85. The van der Waals surface area contributed by atoms with Gasteiger partial charge >= 0.3 is 0 Å². The molecule has 0 fully saturated rings. The molecule has 0 aromatic carbocycles. The lowest BCUT2D eigenvalue weighted by Crippen LogP contribution is -2.40. The molecule has 0 spiro atoms. The molecule has 0 bridgehead atoms. The summed E-state index contributed by atoms with van der Waals surface area (Å²) in [5.41, 5.74) is 5.65. The van der Waals surface area contributed by atoms with Crippen LogP contribution < -0.4 is 11.1 Å². The van der Waals surface area contributed by atoms with Crippen molar-refractivity contribution < 1.29 is 4.79 Å². The van der Waals surface area contributed by atoms with Gasteiger partial charge in [0.05, 0.1) is 9.83 Å². The van der Waals surface area contributed by atoms with Crippen LogP contribution in [-0.4, -0.2) is 19.0 Å². The van der Waals surface area contributed by atoms with Gasteiger partial charge in [-0.05, 0) is 28.1 Å². The number of hydrogen-bond donors (Lipinski definition) is 2. The van der Waals surface area contributed by atoms with Crippen LogP contribution in [0.15, 0.2) is 15.9 Å². The molecule has 1 rings (SSSR count). The van der Waals surface area contributed by atoms with E-state index in [0.717, 1.165) is 8.66 Å². The summed E-state index contributed by atoms with van der Waals surface area (Å²) in [5.74, 6) is -0.121. The largest absolute Gasteiger partial charge is 0.358 e. The lowest BCUT2D eigenvalue weighted by Gasteiger charge is -2.07. The molecule has 3 nitrogen and oxygen atoms in total. The number of carbonyl (C=O) groups is 1. The molecule has 13 heavy (non-hydrogen) atoms. The average molecular weight is 263 g/mol. The smallest absolute Gasteiger partial charge is 0.237 e. The summed E-state index contributed by atoms with van der Waals surface area (Å²) >= 11 is 4.95. The second kappa shape index (κ2) is 4.74. The van der Waals surface area contributed by atoms with Gasteiger partial charge in [0.2, 0.25) is 5.91 Å². The Kier molecular flexibility index (Phi) is 3.90. The number of thiophene rings is 1. The van der Waals surface area contributed by atoms with Crippen molar-refractivity contribution in [3.8, 4) is 0 Å². The summed E-state index contributed by atoms with van der Waals surface area (Å²) in [4.78, 5) is 12.2. The van der Waals surface area contributed by atoms with Crippen molar-refractivity contribution in [1.82, 2.24) is 5.32 Å². The third-order valence-corrected chi connectivity index (χ3v) is 3.28. The Labute approximate surface area is 89.5 Å². The van der Waals surface area contributed by atoms with Crippen LogP contribution in [0.25, 0.3) is 0 Å². The standard InChI is InChI=1S/C8H11BrN2OS/c1-11-8(12)6(10)4-5-2-3-7(9)13-5/h2-3,6H,4,10H2,1H3,(H,11,12)/t6-/m1/s1. The van der Waals surface area contributed by atoms with E-state index < -0.39 is 6.04 Å². The topological polar surface area (TPSA) is 55.1 Å². The minimum absolute atomic E-state index is 0.121. The van der Waals surface area contributed by atoms with Crippen LogP contribution in [0.2, 0.25) is 0 Å². The Morgan fingerprint density at radius 3 is 2.92 bits per heavy atom. The lowest BCUT2D eigenvalue weighted by molar-refractivity contribution is -0.121. The summed E-state index contributed by atoms with van der Waals surface area (Å²) in [5, 5.41) is 2.52. The van der Waals surface area contributed by atoms with E-state index in [9.17, 15) is 4.79 Å². The van der Waals surface area contributed by atoms with Crippen molar-refractivity contribution >= 4 is 33.2 Å². The Balaban J connectivity index is 2.54. The third-order valence-electron chi connectivity index (χ3n) is 1.63. The molecule has 5 heteroatoms. The number of carbonyl (C=O) groups excluding carboxylic acids is 1. The van der Waals surface area contributed by atoms with E-state index in [2.05, 4.69) is 21.2 Å². The second-order valence-corrected chi connectivity index (χ2v) is 5.18. The van der Waals surface area contributed by atoms with Crippen LogP contribution in [0.4, 0.5) is 0 Å². The van der Waals surface area contributed by atoms with E-state index in [0.29, 0.717) is 6.42 Å². The SMILES string of the molecule is CNC(=O)[C@H](N)Cc1ccc(Br)s1. The number of hydrogen-bond acceptors (Lipinski definition) is 3. The molecule has 0 saturated heterocycles. The minimum atomic E-state index is -0.449. The normalized spacial score (nSPS) is 12.5. The van der Waals surface area contributed by atoms with Crippen LogP contribution in [-0.2, 0) is 11.2 Å². The Hall–Kier alpha value is -0.390. The first-order valence-corrected chi connectivity index (χ1v) is 5.46. The van der Waals surface area contributed by atoms with Crippen LogP contribution >= 0.6 is 27.3 Å². The molecule has 0 aliphatic heterocycles. The van der Waals surface area contributed by atoms with Crippen molar-refractivity contribution in [2.45, 2.75) is 12.5 Å². The maximum atomic E-state index is 11.1. The van der Waals surface area contributed by atoms with Crippen molar-refractivity contribution in [3.63, 3.8) is 0 Å². The molecule has 0 aliphatic rings. The van der Waals surface area contributed by atoms with Gasteiger partial charge in [-0.15, -0.1) is 11.3 Å².